The first kappa shape index (κ1) is 17.9. The molecule has 1 aromatic rings. The second-order valence-electron chi connectivity index (χ2n) is 6.13. The van der Waals surface area contributed by atoms with Crippen molar-refractivity contribution in [2.75, 3.05) is 7.05 Å². The molecule has 1 fully saturated rings. The van der Waals surface area contributed by atoms with E-state index in [-0.39, 0.29) is 28.8 Å². The van der Waals surface area contributed by atoms with Crippen LogP contribution in [0.3, 0.4) is 0 Å². The van der Waals surface area contributed by atoms with Gasteiger partial charge < -0.3 is 11.1 Å². The van der Waals surface area contributed by atoms with Crippen molar-refractivity contribution in [3.05, 3.63) is 29.8 Å². The number of nitrogens with two attached hydrogens (primary N) is 1. The summed E-state index contributed by atoms with van der Waals surface area (Å²) in [6.07, 6.45) is 3.53. The molecule has 7 heteroatoms. The Morgan fingerprint density at radius 3 is 2.74 bits per heavy atom. The minimum absolute atomic E-state index is 0.00507. The fourth-order valence-electron chi connectivity index (χ4n) is 2.95. The summed E-state index contributed by atoms with van der Waals surface area (Å²) in [6.45, 7) is 1.85. The van der Waals surface area contributed by atoms with Crippen LogP contribution >= 0.6 is 0 Å². The maximum absolute atomic E-state index is 12.4. The average molecular weight is 339 g/mol. The van der Waals surface area contributed by atoms with E-state index >= 15 is 0 Å². The lowest BCUT2D eigenvalue weighted by molar-refractivity contribution is -0.126. The Labute approximate surface area is 137 Å². The van der Waals surface area contributed by atoms with Gasteiger partial charge in [0.2, 0.25) is 15.9 Å². The van der Waals surface area contributed by atoms with E-state index in [1.807, 2.05) is 13.0 Å². The Balaban J connectivity index is 2.07. The van der Waals surface area contributed by atoms with Crippen LogP contribution in [0.1, 0.15) is 44.2 Å². The number of hydrogen-bond acceptors (Lipinski definition) is 4. The molecule has 3 atom stereocenters. The van der Waals surface area contributed by atoms with Gasteiger partial charge in [-0.25, -0.2) is 13.1 Å². The van der Waals surface area contributed by atoms with Gasteiger partial charge in [-0.05, 0) is 50.9 Å². The summed E-state index contributed by atoms with van der Waals surface area (Å²) in [5.41, 5.74) is 6.69. The molecule has 23 heavy (non-hydrogen) atoms. The minimum Gasteiger partial charge on any atom is -0.349 e. The molecule has 1 aliphatic rings. The smallest absolute Gasteiger partial charge is 0.240 e. The van der Waals surface area contributed by atoms with E-state index < -0.39 is 10.0 Å². The molecule has 1 amide bonds. The third-order valence-electron chi connectivity index (χ3n) is 4.38. The van der Waals surface area contributed by atoms with E-state index in [0.29, 0.717) is 6.42 Å². The minimum atomic E-state index is -3.49. The number of rotatable bonds is 5. The number of nitrogens with one attached hydrogen (secondary N) is 2. The third-order valence-corrected chi connectivity index (χ3v) is 5.79. The van der Waals surface area contributed by atoms with Crippen molar-refractivity contribution in [1.82, 2.24) is 10.0 Å². The second-order valence-corrected chi connectivity index (χ2v) is 8.02. The van der Waals surface area contributed by atoms with Crippen molar-refractivity contribution in [2.45, 2.75) is 49.6 Å². The van der Waals surface area contributed by atoms with Crippen LogP contribution in [0.15, 0.2) is 29.2 Å². The predicted molar refractivity (Wildman–Crippen MR) is 89.2 cm³/mol. The van der Waals surface area contributed by atoms with Crippen LogP contribution in [-0.4, -0.2) is 27.4 Å². The van der Waals surface area contributed by atoms with Gasteiger partial charge in [-0.1, -0.05) is 18.6 Å². The lowest BCUT2D eigenvalue weighted by Gasteiger charge is -2.27. The largest absolute Gasteiger partial charge is 0.349 e. The van der Waals surface area contributed by atoms with Crippen LogP contribution in [0.5, 0.6) is 0 Å². The Morgan fingerprint density at radius 1 is 1.35 bits per heavy atom. The summed E-state index contributed by atoms with van der Waals surface area (Å²) < 4.78 is 26.0. The molecule has 1 saturated carbocycles. The maximum Gasteiger partial charge on any atom is 0.240 e. The molecule has 0 saturated heterocycles. The van der Waals surface area contributed by atoms with Crippen LogP contribution in [0.2, 0.25) is 0 Å². The third kappa shape index (κ3) is 4.53. The first-order valence-electron chi connectivity index (χ1n) is 7.93. The van der Waals surface area contributed by atoms with E-state index in [9.17, 15) is 13.2 Å². The quantitative estimate of drug-likeness (QED) is 0.752. The van der Waals surface area contributed by atoms with Crippen molar-refractivity contribution in [3.63, 3.8) is 0 Å². The Morgan fingerprint density at radius 2 is 2.09 bits per heavy atom. The zero-order chi connectivity index (χ0) is 17.0. The zero-order valence-electron chi connectivity index (χ0n) is 13.6. The highest BCUT2D eigenvalue weighted by atomic mass is 32.2. The first-order valence-corrected chi connectivity index (χ1v) is 9.41. The molecular formula is C16H25N3O3S. The van der Waals surface area contributed by atoms with Gasteiger partial charge in [0.25, 0.3) is 0 Å². The molecule has 0 bridgehead atoms. The monoisotopic (exact) mass is 339 g/mol. The van der Waals surface area contributed by atoms with Crippen molar-refractivity contribution < 1.29 is 13.2 Å². The molecule has 6 nitrogen and oxygen atoms in total. The zero-order valence-corrected chi connectivity index (χ0v) is 14.4. The number of sulfonamides is 1. The summed E-state index contributed by atoms with van der Waals surface area (Å²) >= 11 is 0. The summed E-state index contributed by atoms with van der Waals surface area (Å²) in [5, 5.41) is 2.97. The number of carbonyl (C=O) groups excluding carboxylic acids is 1. The molecule has 4 N–H and O–H groups in total. The summed E-state index contributed by atoms with van der Waals surface area (Å²) in [5.74, 6) is -0.0556. The summed E-state index contributed by atoms with van der Waals surface area (Å²) in [4.78, 5) is 12.6. The van der Waals surface area contributed by atoms with Crippen molar-refractivity contribution in [1.29, 1.82) is 0 Å². The van der Waals surface area contributed by atoms with Crippen LogP contribution in [-0.2, 0) is 14.8 Å². The number of benzene rings is 1. The second kappa shape index (κ2) is 7.42. The fraction of sp³-hybridized carbons (Fsp3) is 0.562. The van der Waals surface area contributed by atoms with E-state index in [2.05, 4.69) is 10.0 Å². The molecular weight excluding hydrogens is 314 g/mol. The van der Waals surface area contributed by atoms with Gasteiger partial charge in [0.05, 0.1) is 10.9 Å². The highest BCUT2D eigenvalue weighted by molar-refractivity contribution is 7.89. The van der Waals surface area contributed by atoms with Gasteiger partial charge in [-0.3, -0.25) is 4.79 Å². The van der Waals surface area contributed by atoms with E-state index in [4.69, 9.17) is 5.73 Å². The van der Waals surface area contributed by atoms with Gasteiger partial charge in [-0.2, -0.15) is 0 Å². The molecule has 128 valence electrons. The highest BCUT2D eigenvalue weighted by Crippen LogP contribution is 2.24. The van der Waals surface area contributed by atoms with Gasteiger partial charge in [0.15, 0.2) is 0 Å². The van der Waals surface area contributed by atoms with Crippen molar-refractivity contribution in [3.8, 4) is 0 Å². The number of hydrogen-bond donors (Lipinski definition) is 3. The number of amides is 1. The Bertz CT molecular complexity index is 660. The molecule has 0 heterocycles. The Hall–Kier alpha value is -1.44. The van der Waals surface area contributed by atoms with Gasteiger partial charge in [0.1, 0.15) is 0 Å². The predicted octanol–water partition coefficient (Wildman–Crippen LogP) is 1.29. The molecule has 3 unspecified atom stereocenters. The van der Waals surface area contributed by atoms with Gasteiger partial charge >= 0.3 is 0 Å². The van der Waals surface area contributed by atoms with Crippen molar-refractivity contribution in [2.24, 2.45) is 11.7 Å². The summed E-state index contributed by atoms with van der Waals surface area (Å²) in [6, 6.07) is 6.45. The molecule has 0 spiro atoms. The van der Waals surface area contributed by atoms with Crippen LogP contribution in [0.4, 0.5) is 0 Å². The fourth-order valence-corrected chi connectivity index (χ4v) is 3.73. The molecule has 1 aliphatic carbocycles. The molecule has 0 aliphatic heterocycles. The van der Waals surface area contributed by atoms with E-state index in [0.717, 1.165) is 24.8 Å². The normalized spacial score (nSPS) is 23.3. The average Bonchev–Trinajstić information content (AvgIpc) is 2.55. The lowest BCUT2D eigenvalue weighted by Crippen LogP contribution is -2.38. The molecule has 2 rings (SSSR count). The highest BCUT2D eigenvalue weighted by Gasteiger charge is 2.26. The lowest BCUT2D eigenvalue weighted by atomic mass is 9.85. The van der Waals surface area contributed by atoms with Gasteiger partial charge in [0, 0.05) is 12.0 Å². The topological polar surface area (TPSA) is 101 Å². The Kier molecular flexibility index (Phi) is 5.78. The molecule has 0 radical (unpaired) electrons. The number of carbonyl (C=O) groups is 1. The van der Waals surface area contributed by atoms with Crippen LogP contribution in [0.25, 0.3) is 0 Å². The van der Waals surface area contributed by atoms with Gasteiger partial charge in [-0.15, -0.1) is 0 Å². The SMILES string of the molecule is CNS(=O)(=O)c1cccc(C(C)NC(=O)C2CCCC(N)C2)c1. The molecule has 1 aromatic carbocycles. The van der Waals surface area contributed by atoms with Crippen molar-refractivity contribution >= 4 is 15.9 Å². The van der Waals surface area contributed by atoms with E-state index in [1.165, 1.54) is 13.1 Å². The maximum atomic E-state index is 12.4. The first-order chi connectivity index (χ1) is 10.8. The standard InChI is InChI=1S/C16H25N3O3S/c1-11(19-16(20)13-6-3-7-14(17)9-13)12-5-4-8-15(10-12)23(21,22)18-2/h4-5,8,10-11,13-14,18H,3,6-7,9,17H2,1-2H3,(H,19,20). The van der Waals surface area contributed by atoms with Crippen LogP contribution < -0.4 is 15.8 Å². The van der Waals surface area contributed by atoms with E-state index in [1.54, 1.807) is 12.1 Å². The summed E-state index contributed by atoms with van der Waals surface area (Å²) in [7, 11) is -2.12. The van der Waals surface area contributed by atoms with Crippen LogP contribution in [0, 0.1) is 5.92 Å². The molecule has 0 aromatic heterocycles.